The van der Waals surface area contributed by atoms with Gasteiger partial charge in [-0.05, 0) is 18.5 Å². The highest BCUT2D eigenvalue weighted by molar-refractivity contribution is 5.85. The maximum atomic E-state index is 5.43. The molecule has 0 amide bonds. The molecule has 0 bridgehead atoms. The van der Waals surface area contributed by atoms with Gasteiger partial charge in [-0.25, -0.2) is 0 Å². The zero-order valence-electron chi connectivity index (χ0n) is 12.4. The molecule has 5 nitrogen and oxygen atoms in total. The molecule has 2 heterocycles. The minimum atomic E-state index is -0.0847. The maximum Gasteiger partial charge on any atom is 0.161 e. The van der Waals surface area contributed by atoms with Crippen molar-refractivity contribution in [3.63, 3.8) is 0 Å². The molecule has 0 aliphatic heterocycles. The van der Waals surface area contributed by atoms with Gasteiger partial charge in [0.2, 0.25) is 0 Å². The fourth-order valence-corrected chi connectivity index (χ4v) is 2.69. The number of pyridine rings is 1. The van der Waals surface area contributed by atoms with Crippen LogP contribution in [0.5, 0.6) is 5.75 Å². The number of fused-ring (bicyclic) bond motifs is 1. The van der Waals surface area contributed by atoms with E-state index in [1.807, 2.05) is 43.2 Å². The summed E-state index contributed by atoms with van der Waals surface area (Å²) in [5.41, 5.74) is 1.93. The fraction of sp³-hybridized carbons (Fsp3) is 0.250. The summed E-state index contributed by atoms with van der Waals surface area (Å²) >= 11 is 0. The molecule has 2 aromatic heterocycles. The Kier molecular flexibility index (Phi) is 3.58. The van der Waals surface area contributed by atoms with Crippen LogP contribution in [0.15, 0.2) is 42.7 Å². The van der Waals surface area contributed by atoms with Gasteiger partial charge in [0, 0.05) is 18.6 Å². The van der Waals surface area contributed by atoms with Crippen LogP contribution in [0.1, 0.15) is 17.4 Å². The molecule has 1 unspecified atom stereocenters. The predicted molar refractivity (Wildman–Crippen MR) is 82.4 cm³/mol. The number of ether oxygens (including phenoxy) is 1. The Hall–Kier alpha value is -2.40. The van der Waals surface area contributed by atoms with E-state index >= 15 is 0 Å². The van der Waals surface area contributed by atoms with Crippen LogP contribution < -0.4 is 10.1 Å². The monoisotopic (exact) mass is 282 g/mol. The molecule has 108 valence electrons. The number of methoxy groups -OCH3 is 1. The molecule has 0 radical (unpaired) electrons. The molecular weight excluding hydrogens is 264 g/mol. The first-order valence-electron chi connectivity index (χ1n) is 6.83. The lowest BCUT2D eigenvalue weighted by molar-refractivity contribution is 0.402. The molecular formula is C16H18N4O. The molecule has 0 saturated carbocycles. The van der Waals surface area contributed by atoms with Crippen molar-refractivity contribution in [1.82, 2.24) is 20.1 Å². The van der Waals surface area contributed by atoms with Crippen LogP contribution in [-0.2, 0) is 7.05 Å². The van der Waals surface area contributed by atoms with Gasteiger partial charge in [-0.1, -0.05) is 24.3 Å². The quantitative estimate of drug-likeness (QED) is 0.797. The van der Waals surface area contributed by atoms with Gasteiger partial charge < -0.3 is 10.1 Å². The van der Waals surface area contributed by atoms with Crippen molar-refractivity contribution in [3.8, 4) is 5.75 Å². The van der Waals surface area contributed by atoms with E-state index in [2.05, 4.69) is 27.5 Å². The van der Waals surface area contributed by atoms with Crippen molar-refractivity contribution >= 4 is 10.8 Å². The van der Waals surface area contributed by atoms with Gasteiger partial charge in [0.15, 0.2) is 5.75 Å². The highest BCUT2D eigenvalue weighted by Crippen LogP contribution is 2.31. The Labute approximate surface area is 123 Å². The number of hydrogen-bond acceptors (Lipinski definition) is 4. The van der Waals surface area contributed by atoms with Crippen molar-refractivity contribution < 1.29 is 4.74 Å². The third kappa shape index (κ3) is 2.25. The standard InChI is InChI=1S/C16H18N4O/c1-17-15(16-13(21-3)10-19-20(16)2)14-12-7-5-4-6-11(12)8-9-18-14/h4-10,15,17H,1-3H3. The number of nitrogens with zero attached hydrogens (tertiary/aromatic N) is 3. The Morgan fingerprint density at radius 3 is 2.81 bits per heavy atom. The summed E-state index contributed by atoms with van der Waals surface area (Å²) in [5, 5.41) is 9.91. The first kappa shape index (κ1) is 13.6. The van der Waals surface area contributed by atoms with Gasteiger partial charge in [0.25, 0.3) is 0 Å². The third-order valence-electron chi connectivity index (χ3n) is 3.71. The molecule has 3 aromatic rings. The molecule has 1 atom stereocenters. The van der Waals surface area contributed by atoms with E-state index in [-0.39, 0.29) is 6.04 Å². The van der Waals surface area contributed by atoms with Crippen LogP contribution in [0.2, 0.25) is 0 Å². The van der Waals surface area contributed by atoms with E-state index < -0.39 is 0 Å². The van der Waals surface area contributed by atoms with Crippen molar-refractivity contribution in [2.75, 3.05) is 14.2 Å². The second-order valence-electron chi connectivity index (χ2n) is 4.86. The van der Waals surface area contributed by atoms with Gasteiger partial charge in [-0.2, -0.15) is 5.10 Å². The Morgan fingerprint density at radius 1 is 1.24 bits per heavy atom. The molecule has 1 N–H and O–H groups in total. The largest absolute Gasteiger partial charge is 0.493 e. The summed E-state index contributed by atoms with van der Waals surface area (Å²) < 4.78 is 7.25. The molecule has 0 aliphatic carbocycles. The van der Waals surface area contributed by atoms with Crippen LogP contribution in [0.25, 0.3) is 10.8 Å². The number of rotatable bonds is 4. The second kappa shape index (κ2) is 5.54. The number of nitrogens with one attached hydrogen (secondary N) is 1. The number of benzene rings is 1. The maximum absolute atomic E-state index is 5.43. The first-order chi connectivity index (χ1) is 10.3. The van der Waals surface area contributed by atoms with Crippen molar-refractivity contribution in [2.45, 2.75) is 6.04 Å². The smallest absolute Gasteiger partial charge is 0.161 e. The minimum absolute atomic E-state index is 0.0847. The van der Waals surface area contributed by atoms with Crippen LogP contribution >= 0.6 is 0 Å². The molecule has 0 saturated heterocycles. The summed E-state index contributed by atoms with van der Waals surface area (Å²) in [7, 11) is 5.48. The minimum Gasteiger partial charge on any atom is -0.493 e. The Balaban J connectivity index is 2.21. The van der Waals surface area contributed by atoms with Crippen LogP contribution in [0.4, 0.5) is 0 Å². The van der Waals surface area contributed by atoms with E-state index in [0.717, 1.165) is 22.5 Å². The van der Waals surface area contributed by atoms with E-state index in [1.165, 1.54) is 5.39 Å². The lowest BCUT2D eigenvalue weighted by Gasteiger charge is -2.19. The van der Waals surface area contributed by atoms with E-state index in [0.29, 0.717) is 0 Å². The zero-order chi connectivity index (χ0) is 14.8. The van der Waals surface area contributed by atoms with Gasteiger partial charge in [0.05, 0.1) is 25.0 Å². The molecule has 0 aliphatic rings. The normalized spacial score (nSPS) is 12.5. The average molecular weight is 282 g/mol. The summed E-state index contributed by atoms with van der Waals surface area (Å²) in [6.45, 7) is 0. The van der Waals surface area contributed by atoms with Gasteiger partial charge in [-0.3, -0.25) is 9.67 Å². The van der Waals surface area contributed by atoms with Gasteiger partial charge in [-0.15, -0.1) is 0 Å². The highest BCUT2D eigenvalue weighted by Gasteiger charge is 2.23. The Morgan fingerprint density at radius 2 is 2.05 bits per heavy atom. The second-order valence-corrected chi connectivity index (χ2v) is 4.86. The predicted octanol–water partition coefficient (Wildman–Crippen LogP) is 2.29. The van der Waals surface area contributed by atoms with E-state index in [4.69, 9.17) is 4.74 Å². The van der Waals surface area contributed by atoms with Crippen LogP contribution in [0.3, 0.4) is 0 Å². The number of hydrogen-bond donors (Lipinski definition) is 1. The van der Waals surface area contributed by atoms with E-state index in [1.54, 1.807) is 13.3 Å². The lowest BCUT2D eigenvalue weighted by atomic mass is 10.0. The van der Waals surface area contributed by atoms with Crippen molar-refractivity contribution in [2.24, 2.45) is 7.05 Å². The average Bonchev–Trinajstić information content (AvgIpc) is 2.90. The number of aryl methyl sites for hydroxylation is 1. The lowest BCUT2D eigenvalue weighted by Crippen LogP contribution is -2.22. The van der Waals surface area contributed by atoms with Crippen LogP contribution in [0, 0.1) is 0 Å². The zero-order valence-corrected chi connectivity index (χ0v) is 12.4. The molecule has 5 heteroatoms. The topological polar surface area (TPSA) is 52.0 Å². The van der Waals surface area contributed by atoms with Crippen molar-refractivity contribution in [1.29, 1.82) is 0 Å². The van der Waals surface area contributed by atoms with Gasteiger partial charge in [0.1, 0.15) is 5.69 Å². The molecule has 0 spiro atoms. The summed E-state index contributed by atoms with van der Waals surface area (Å²) in [6, 6.07) is 10.2. The molecule has 3 rings (SSSR count). The Bertz CT molecular complexity index is 761. The summed E-state index contributed by atoms with van der Waals surface area (Å²) in [6.07, 6.45) is 3.57. The van der Waals surface area contributed by atoms with Crippen LogP contribution in [-0.4, -0.2) is 28.9 Å². The van der Waals surface area contributed by atoms with Gasteiger partial charge >= 0.3 is 0 Å². The molecule has 0 fully saturated rings. The number of aromatic nitrogens is 3. The summed E-state index contributed by atoms with van der Waals surface area (Å²) in [5.74, 6) is 0.756. The van der Waals surface area contributed by atoms with E-state index in [9.17, 15) is 0 Å². The third-order valence-corrected chi connectivity index (χ3v) is 3.71. The SMILES string of the molecule is CNC(c1nccc2ccccc12)c1c(OC)cnn1C. The molecule has 1 aromatic carbocycles. The fourth-order valence-electron chi connectivity index (χ4n) is 2.69. The van der Waals surface area contributed by atoms with Crippen molar-refractivity contribution in [3.05, 3.63) is 54.1 Å². The summed E-state index contributed by atoms with van der Waals surface area (Å²) in [4.78, 5) is 4.59. The highest BCUT2D eigenvalue weighted by atomic mass is 16.5. The molecule has 21 heavy (non-hydrogen) atoms. The first-order valence-corrected chi connectivity index (χ1v) is 6.83.